The highest BCUT2D eigenvalue weighted by Crippen LogP contribution is 2.35. The minimum atomic E-state index is -2.30. The van der Waals surface area contributed by atoms with Gasteiger partial charge in [0.15, 0.2) is 23.3 Å². The van der Waals surface area contributed by atoms with E-state index < -0.39 is 46.0 Å². The second kappa shape index (κ2) is 5.44. The molecule has 106 valence electrons. The summed E-state index contributed by atoms with van der Waals surface area (Å²) in [6.07, 6.45) is 0. The Morgan fingerprint density at radius 3 is 1.70 bits per heavy atom. The first-order valence-corrected chi connectivity index (χ1v) is 6.37. The molecule has 0 radical (unpaired) electrons. The molecule has 2 aromatic rings. The maximum absolute atomic E-state index is 13.7. The second-order valence-electron chi connectivity index (χ2n) is 3.69. The summed E-state index contributed by atoms with van der Waals surface area (Å²) in [5.41, 5.74) is -2.08. The van der Waals surface area contributed by atoms with Crippen LogP contribution in [0.3, 0.4) is 0 Å². The van der Waals surface area contributed by atoms with E-state index in [1.54, 1.807) is 22.6 Å². The van der Waals surface area contributed by atoms with Crippen molar-refractivity contribution in [1.29, 1.82) is 0 Å². The zero-order chi connectivity index (χ0) is 15.2. The minimum Gasteiger partial charge on any atom is -0.206 e. The van der Waals surface area contributed by atoms with Gasteiger partial charge in [0.2, 0.25) is 5.82 Å². The van der Waals surface area contributed by atoms with Crippen LogP contribution in [-0.2, 0) is 0 Å². The maximum Gasteiger partial charge on any atom is 0.200 e. The molecule has 2 aromatic carbocycles. The number of benzene rings is 2. The van der Waals surface area contributed by atoms with Gasteiger partial charge < -0.3 is 0 Å². The molecule has 0 aliphatic rings. The van der Waals surface area contributed by atoms with Gasteiger partial charge in [-0.2, -0.15) is 0 Å². The van der Waals surface area contributed by atoms with Crippen LogP contribution in [0.5, 0.6) is 0 Å². The van der Waals surface area contributed by atoms with Gasteiger partial charge in [0.1, 0.15) is 5.82 Å². The van der Waals surface area contributed by atoms with E-state index in [4.69, 9.17) is 11.6 Å². The predicted molar refractivity (Wildman–Crippen MR) is 69.4 cm³/mol. The molecule has 20 heavy (non-hydrogen) atoms. The van der Waals surface area contributed by atoms with E-state index in [1.165, 1.54) is 0 Å². The van der Waals surface area contributed by atoms with Crippen molar-refractivity contribution in [2.24, 2.45) is 0 Å². The van der Waals surface area contributed by atoms with Crippen molar-refractivity contribution in [3.63, 3.8) is 0 Å². The average Bonchev–Trinajstić information content (AvgIpc) is 2.40. The molecule has 0 spiro atoms. The largest absolute Gasteiger partial charge is 0.206 e. The SMILES string of the molecule is Fc1cc(Cl)c(I)cc1-c1c(F)c(F)c(F)c(F)c1F. The van der Waals surface area contributed by atoms with Gasteiger partial charge in [-0.25, -0.2) is 26.3 Å². The van der Waals surface area contributed by atoms with Gasteiger partial charge >= 0.3 is 0 Å². The summed E-state index contributed by atoms with van der Waals surface area (Å²) in [5, 5.41) is -0.0456. The molecular formula is C12H2ClF6I. The fourth-order valence-electron chi connectivity index (χ4n) is 1.56. The molecule has 0 fully saturated rings. The lowest BCUT2D eigenvalue weighted by atomic mass is 10.0. The number of rotatable bonds is 1. The van der Waals surface area contributed by atoms with E-state index in [2.05, 4.69) is 0 Å². The quantitative estimate of drug-likeness (QED) is 0.248. The summed E-state index contributed by atoms with van der Waals surface area (Å²) in [4.78, 5) is 0. The van der Waals surface area contributed by atoms with Crippen LogP contribution in [0.25, 0.3) is 11.1 Å². The molecule has 0 heterocycles. The Labute approximate surface area is 127 Å². The van der Waals surface area contributed by atoms with Crippen molar-refractivity contribution in [1.82, 2.24) is 0 Å². The topological polar surface area (TPSA) is 0 Å². The van der Waals surface area contributed by atoms with E-state index >= 15 is 0 Å². The third-order valence-electron chi connectivity index (χ3n) is 2.49. The summed E-state index contributed by atoms with van der Waals surface area (Å²) >= 11 is 7.23. The smallest absolute Gasteiger partial charge is 0.200 e. The molecule has 8 heteroatoms. The Hall–Kier alpha value is -0.960. The number of halogens is 8. The highest BCUT2D eigenvalue weighted by Gasteiger charge is 2.28. The van der Waals surface area contributed by atoms with Crippen LogP contribution >= 0.6 is 34.2 Å². The molecular weight excluding hydrogens is 420 g/mol. The van der Waals surface area contributed by atoms with Gasteiger partial charge in [-0.3, -0.25) is 0 Å². The molecule has 0 aliphatic carbocycles. The zero-order valence-corrected chi connectivity index (χ0v) is 12.1. The summed E-state index contributed by atoms with van der Waals surface area (Å²) in [6, 6.07) is 1.63. The van der Waals surface area contributed by atoms with Gasteiger partial charge in [0.25, 0.3) is 0 Å². The summed E-state index contributed by atoms with van der Waals surface area (Å²) < 4.78 is 80.1. The average molecular weight is 422 g/mol. The van der Waals surface area contributed by atoms with Crippen LogP contribution in [0.4, 0.5) is 26.3 Å². The minimum absolute atomic E-state index is 0.0456. The highest BCUT2D eigenvalue weighted by molar-refractivity contribution is 14.1. The predicted octanol–water partition coefficient (Wildman–Crippen LogP) is 5.45. The van der Waals surface area contributed by atoms with Crippen LogP contribution in [0.15, 0.2) is 12.1 Å². The van der Waals surface area contributed by atoms with E-state index in [-0.39, 0.29) is 8.59 Å². The van der Waals surface area contributed by atoms with E-state index in [1.807, 2.05) is 0 Å². The molecule has 0 nitrogen and oxygen atoms in total. The van der Waals surface area contributed by atoms with Crippen LogP contribution in [0, 0.1) is 38.5 Å². The monoisotopic (exact) mass is 422 g/mol. The zero-order valence-electron chi connectivity index (χ0n) is 9.18. The Morgan fingerprint density at radius 1 is 0.750 bits per heavy atom. The molecule has 0 atom stereocenters. The third-order valence-corrected chi connectivity index (χ3v) is 4.01. The molecule has 0 saturated heterocycles. The van der Waals surface area contributed by atoms with Gasteiger partial charge in [-0.1, -0.05) is 11.6 Å². The van der Waals surface area contributed by atoms with Gasteiger partial charge in [-0.05, 0) is 34.7 Å². The fraction of sp³-hybridized carbons (Fsp3) is 0. The molecule has 0 N–H and O–H groups in total. The molecule has 0 aromatic heterocycles. The molecule has 0 aliphatic heterocycles. The second-order valence-corrected chi connectivity index (χ2v) is 5.26. The molecule has 0 saturated carbocycles. The van der Waals surface area contributed by atoms with Crippen LogP contribution in [0.1, 0.15) is 0 Å². The Balaban J connectivity index is 2.87. The highest BCUT2D eigenvalue weighted by atomic mass is 127. The van der Waals surface area contributed by atoms with E-state index in [0.29, 0.717) is 0 Å². The summed E-state index contributed by atoms with van der Waals surface area (Å²) in [6.45, 7) is 0. The van der Waals surface area contributed by atoms with Crippen molar-refractivity contribution in [3.8, 4) is 11.1 Å². The van der Waals surface area contributed by atoms with Crippen LogP contribution < -0.4 is 0 Å². The Kier molecular flexibility index (Phi) is 4.19. The lowest BCUT2D eigenvalue weighted by Crippen LogP contribution is -2.05. The van der Waals surface area contributed by atoms with Crippen molar-refractivity contribution in [2.75, 3.05) is 0 Å². The Bertz CT molecular complexity index is 687. The van der Waals surface area contributed by atoms with Gasteiger partial charge in [-0.15, -0.1) is 0 Å². The number of hydrogen-bond donors (Lipinski definition) is 0. The lowest BCUT2D eigenvalue weighted by Gasteiger charge is -2.10. The first kappa shape index (κ1) is 15.4. The van der Waals surface area contributed by atoms with Gasteiger partial charge in [0, 0.05) is 9.13 Å². The standard InChI is InChI=1S/C12H2ClF6I/c13-4-2-5(14)3(1-6(4)20)7-8(15)10(17)12(19)11(18)9(7)16/h1-2H. The van der Waals surface area contributed by atoms with E-state index in [9.17, 15) is 26.3 Å². The lowest BCUT2D eigenvalue weighted by molar-refractivity contribution is 0.381. The van der Waals surface area contributed by atoms with E-state index in [0.717, 1.165) is 12.1 Å². The molecule has 0 unspecified atom stereocenters. The molecule has 2 rings (SSSR count). The van der Waals surface area contributed by atoms with Crippen molar-refractivity contribution in [3.05, 3.63) is 55.6 Å². The van der Waals surface area contributed by atoms with Crippen LogP contribution in [0.2, 0.25) is 5.02 Å². The number of hydrogen-bond acceptors (Lipinski definition) is 0. The maximum atomic E-state index is 13.7. The van der Waals surface area contributed by atoms with Crippen molar-refractivity contribution in [2.45, 2.75) is 0 Å². The first-order chi connectivity index (χ1) is 9.25. The van der Waals surface area contributed by atoms with Crippen molar-refractivity contribution < 1.29 is 26.3 Å². The summed E-state index contributed by atoms with van der Waals surface area (Å²) in [5.74, 6) is -12.0. The molecule has 0 bridgehead atoms. The third kappa shape index (κ3) is 2.37. The van der Waals surface area contributed by atoms with Gasteiger partial charge in [0.05, 0.1) is 10.6 Å². The Morgan fingerprint density at radius 2 is 1.20 bits per heavy atom. The van der Waals surface area contributed by atoms with Crippen molar-refractivity contribution >= 4 is 34.2 Å². The first-order valence-electron chi connectivity index (χ1n) is 4.92. The summed E-state index contributed by atoms with van der Waals surface area (Å²) in [7, 11) is 0. The van der Waals surface area contributed by atoms with Crippen LogP contribution in [-0.4, -0.2) is 0 Å². The fourth-order valence-corrected chi connectivity index (χ4v) is 2.17. The normalized spacial score (nSPS) is 11.0. The molecule has 0 amide bonds.